The van der Waals surface area contributed by atoms with Gasteiger partial charge >= 0.3 is 0 Å². The van der Waals surface area contributed by atoms with Crippen molar-refractivity contribution in [3.05, 3.63) is 35.9 Å². The van der Waals surface area contributed by atoms with Crippen molar-refractivity contribution in [1.29, 1.82) is 0 Å². The van der Waals surface area contributed by atoms with Gasteiger partial charge in [-0.15, -0.1) is 0 Å². The molecule has 0 aromatic heterocycles. The second-order valence-electron chi connectivity index (χ2n) is 6.57. The summed E-state index contributed by atoms with van der Waals surface area (Å²) < 4.78 is 0. The van der Waals surface area contributed by atoms with Gasteiger partial charge in [-0.1, -0.05) is 30.3 Å². The van der Waals surface area contributed by atoms with Crippen molar-refractivity contribution < 1.29 is 0 Å². The molecule has 1 aromatic rings. The van der Waals surface area contributed by atoms with Crippen LogP contribution in [0.2, 0.25) is 0 Å². The van der Waals surface area contributed by atoms with Gasteiger partial charge in [0.05, 0.1) is 0 Å². The highest BCUT2D eigenvalue weighted by Crippen LogP contribution is 2.37. The van der Waals surface area contributed by atoms with Crippen LogP contribution in [-0.2, 0) is 6.54 Å². The minimum absolute atomic E-state index is 0.450. The average Bonchev–Trinajstić information content (AvgIpc) is 2.83. The molecule has 2 aliphatic rings. The number of rotatable bonds is 2. The summed E-state index contributed by atoms with van der Waals surface area (Å²) in [6.45, 7) is 7.12. The third kappa shape index (κ3) is 2.70. The summed E-state index contributed by atoms with van der Waals surface area (Å²) in [5.74, 6) is 0. The van der Waals surface area contributed by atoms with Crippen LogP contribution < -0.4 is 5.32 Å². The second-order valence-corrected chi connectivity index (χ2v) is 6.57. The molecule has 0 bridgehead atoms. The fourth-order valence-electron chi connectivity index (χ4n) is 4.21. The van der Waals surface area contributed by atoms with E-state index in [4.69, 9.17) is 0 Å². The highest BCUT2D eigenvalue weighted by atomic mass is 15.2. The fraction of sp³-hybridized carbons (Fsp3) is 0.647. The zero-order valence-electron chi connectivity index (χ0n) is 12.2. The van der Waals surface area contributed by atoms with E-state index in [2.05, 4.69) is 54.4 Å². The molecule has 1 spiro atoms. The first kappa shape index (κ1) is 13.1. The van der Waals surface area contributed by atoms with E-state index >= 15 is 0 Å². The molecule has 0 aliphatic carbocycles. The molecular formula is C17H26N2. The third-order valence-corrected chi connectivity index (χ3v) is 5.04. The first-order chi connectivity index (χ1) is 9.19. The van der Waals surface area contributed by atoms with Crippen molar-refractivity contribution >= 4 is 0 Å². The van der Waals surface area contributed by atoms with Crippen molar-refractivity contribution in [2.75, 3.05) is 6.54 Å². The lowest BCUT2D eigenvalue weighted by molar-refractivity contribution is 0.0410. The van der Waals surface area contributed by atoms with E-state index in [0.29, 0.717) is 17.6 Å². The van der Waals surface area contributed by atoms with Gasteiger partial charge in [-0.05, 0) is 51.6 Å². The summed E-state index contributed by atoms with van der Waals surface area (Å²) in [7, 11) is 0. The van der Waals surface area contributed by atoms with Gasteiger partial charge in [0.2, 0.25) is 0 Å². The van der Waals surface area contributed by atoms with Crippen LogP contribution in [0.1, 0.15) is 45.1 Å². The molecule has 0 radical (unpaired) electrons. The number of nitrogens with one attached hydrogen (secondary N) is 1. The maximum Gasteiger partial charge on any atom is 0.0239 e. The molecule has 2 nitrogen and oxygen atoms in total. The van der Waals surface area contributed by atoms with Crippen LogP contribution in [0.4, 0.5) is 0 Å². The molecular weight excluding hydrogens is 232 g/mol. The minimum atomic E-state index is 0.450. The molecule has 104 valence electrons. The molecule has 0 amide bonds. The van der Waals surface area contributed by atoms with Crippen LogP contribution in [0.25, 0.3) is 0 Å². The normalized spacial score (nSPS) is 35.9. The number of likely N-dealkylation sites (tertiary alicyclic amines) is 1. The smallest absolute Gasteiger partial charge is 0.0239 e. The molecule has 3 rings (SSSR count). The van der Waals surface area contributed by atoms with E-state index in [1.54, 1.807) is 0 Å². The molecule has 2 unspecified atom stereocenters. The van der Waals surface area contributed by atoms with Crippen LogP contribution in [-0.4, -0.2) is 29.1 Å². The monoisotopic (exact) mass is 258 g/mol. The summed E-state index contributed by atoms with van der Waals surface area (Å²) in [6.07, 6.45) is 5.35. The molecule has 2 heterocycles. The van der Waals surface area contributed by atoms with E-state index in [0.717, 1.165) is 6.54 Å². The molecule has 2 aliphatic heterocycles. The van der Waals surface area contributed by atoms with Gasteiger partial charge in [-0.25, -0.2) is 0 Å². The SMILES string of the molecule is CC1CC2(CCCN2)CC(C)N1Cc1ccccc1. The fourth-order valence-corrected chi connectivity index (χ4v) is 4.21. The molecule has 1 aromatic carbocycles. The average molecular weight is 258 g/mol. The van der Waals surface area contributed by atoms with Crippen molar-refractivity contribution in [2.24, 2.45) is 0 Å². The molecule has 2 atom stereocenters. The Labute approximate surface area is 117 Å². The van der Waals surface area contributed by atoms with Crippen LogP contribution >= 0.6 is 0 Å². The van der Waals surface area contributed by atoms with Gasteiger partial charge in [0.15, 0.2) is 0 Å². The van der Waals surface area contributed by atoms with Gasteiger partial charge < -0.3 is 5.32 Å². The predicted octanol–water partition coefficient (Wildman–Crippen LogP) is 3.18. The van der Waals surface area contributed by atoms with Crippen LogP contribution in [0.5, 0.6) is 0 Å². The number of nitrogens with zero attached hydrogens (tertiary/aromatic N) is 1. The first-order valence-corrected chi connectivity index (χ1v) is 7.73. The molecule has 0 saturated carbocycles. The van der Waals surface area contributed by atoms with E-state index in [1.807, 2.05) is 0 Å². The quantitative estimate of drug-likeness (QED) is 0.876. The summed E-state index contributed by atoms with van der Waals surface area (Å²) >= 11 is 0. The Morgan fingerprint density at radius 1 is 1.16 bits per heavy atom. The van der Waals surface area contributed by atoms with Gasteiger partial charge in [0, 0.05) is 24.2 Å². The van der Waals surface area contributed by atoms with Gasteiger partial charge in [0.25, 0.3) is 0 Å². The Balaban J connectivity index is 1.70. The standard InChI is InChI=1S/C17H26N2/c1-14-11-17(9-6-10-18-17)12-15(2)19(14)13-16-7-4-3-5-8-16/h3-5,7-8,14-15,18H,6,9-13H2,1-2H3. The summed E-state index contributed by atoms with van der Waals surface area (Å²) in [6, 6.07) is 12.2. The van der Waals surface area contributed by atoms with Crippen molar-refractivity contribution in [3.8, 4) is 0 Å². The van der Waals surface area contributed by atoms with Gasteiger partial charge in [-0.3, -0.25) is 4.90 Å². The van der Waals surface area contributed by atoms with Crippen molar-refractivity contribution in [3.63, 3.8) is 0 Å². The lowest BCUT2D eigenvalue weighted by Crippen LogP contribution is -2.57. The van der Waals surface area contributed by atoms with E-state index in [-0.39, 0.29) is 0 Å². The Bertz CT molecular complexity index is 395. The summed E-state index contributed by atoms with van der Waals surface area (Å²) in [5, 5.41) is 3.79. The Morgan fingerprint density at radius 2 is 1.84 bits per heavy atom. The minimum Gasteiger partial charge on any atom is -0.311 e. The topological polar surface area (TPSA) is 15.3 Å². The van der Waals surface area contributed by atoms with Crippen LogP contribution in [0.3, 0.4) is 0 Å². The molecule has 19 heavy (non-hydrogen) atoms. The molecule has 2 heteroatoms. The maximum atomic E-state index is 3.79. The highest BCUT2D eigenvalue weighted by molar-refractivity contribution is 5.15. The predicted molar refractivity (Wildman–Crippen MR) is 80.1 cm³/mol. The Kier molecular flexibility index (Phi) is 3.64. The second kappa shape index (κ2) is 5.26. The zero-order chi connectivity index (χ0) is 13.3. The Hall–Kier alpha value is -0.860. The molecule has 1 N–H and O–H groups in total. The third-order valence-electron chi connectivity index (χ3n) is 5.04. The van der Waals surface area contributed by atoms with Crippen molar-refractivity contribution in [1.82, 2.24) is 10.2 Å². The maximum absolute atomic E-state index is 3.79. The molecule has 2 saturated heterocycles. The van der Waals surface area contributed by atoms with Crippen LogP contribution in [0.15, 0.2) is 30.3 Å². The van der Waals surface area contributed by atoms with E-state index in [1.165, 1.54) is 37.8 Å². The van der Waals surface area contributed by atoms with Gasteiger partial charge in [-0.2, -0.15) is 0 Å². The first-order valence-electron chi connectivity index (χ1n) is 7.73. The van der Waals surface area contributed by atoms with Crippen LogP contribution in [0, 0.1) is 0 Å². The number of piperidine rings is 1. The molecule has 2 fully saturated rings. The number of benzene rings is 1. The van der Waals surface area contributed by atoms with E-state index in [9.17, 15) is 0 Å². The summed E-state index contributed by atoms with van der Waals surface area (Å²) in [5.41, 5.74) is 1.89. The Morgan fingerprint density at radius 3 is 2.42 bits per heavy atom. The lowest BCUT2D eigenvalue weighted by atomic mass is 9.79. The van der Waals surface area contributed by atoms with Gasteiger partial charge in [0.1, 0.15) is 0 Å². The largest absolute Gasteiger partial charge is 0.311 e. The summed E-state index contributed by atoms with van der Waals surface area (Å²) in [4.78, 5) is 2.68. The highest BCUT2D eigenvalue weighted by Gasteiger charge is 2.42. The zero-order valence-corrected chi connectivity index (χ0v) is 12.2. The number of hydrogen-bond donors (Lipinski definition) is 1. The van der Waals surface area contributed by atoms with E-state index < -0.39 is 0 Å². The number of hydrogen-bond acceptors (Lipinski definition) is 2. The van der Waals surface area contributed by atoms with Crippen molar-refractivity contribution in [2.45, 2.75) is 63.7 Å². The lowest BCUT2D eigenvalue weighted by Gasteiger charge is -2.48.